The zero-order chi connectivity index (χ0) is 30.5. The Hall–Kier alpha value is -5.40. The third-order valence-corrected chi connectivity index (χ3v) is 7.02. The molecule has 11 nitrogen and oxygen atoms in total. The van der Waals surface area contributed by atoms with Gasteiger partial charge in [0.1, 0.15) is 0 Å². The van der Waals surface area contributed by atoms with Gasteiger partial charge < -0.3 is 14.8 Å². The van der Waals surface area contributed by atoms with Crippen LogP contribution in [-0.4, -0.2) is 55.0 Å². The number of alkyl halides is 3. The van der Waals surface area contributed by atoms with Crippen LogP contribution in [0.2, 0.25) is 0 Å². The minimum atomic E-state index is -4.73. The second-order valence-corrected chi connectivity index (χ2v) is 10.0. The molecule has 2 aromatic carbocycles. The second-order valence-electron chi connectivity index (χ2n) is 10.0. The summed E-state index contributed by atoms with van der Waals surface area (Å²) in [5.74, 6) is -1.23. The molecule has 0 aliphatic carbocycles. The third-order valence-electron chi connectivity index (χ3n) is 7.02. The number of hydrogen-bond acceptors (Lipinski definition) is 7. The van der Waals surface area contributed by atoms with Crippen LogP contribution >= 0.6 is 0 Å². The number of carboxylic acid groups (broad SMARTS) is 1. The lowest BCUT2D eigenvalue weighted by Gasteiger charge is -2.29. The largest absolute Gasteiger partial charge is 0.478 e. The average molecular weight is 592 g/mol. The van der Waals surface area contributed by atoms with Crippen LogP contribution in [0.25, 0.3) is 11.3 Å². The molecule has 0 radical (unpaired) electrons. The van der Waals surface area contributed by atoms with Crippen molar-refractivity contribution in [1.29, 1.82) is 0 Å². The van der Waals surface area contributed by atoms with Crippen molar-refractivity contribution in [2.75, 3.05) is 23.6 Å². The van der Waals surface area contributed by atoms with E-state index in [0.29, 0.717) is 17.8 Å². The number of carbonyl (C=O) groups excluding carboxylic acids is 1. The fourth-order valence-corrected chi connectivity index (χ4v) is 4.96. The first-order chi connectivity index (χ1) is 20.5. The van der Waals surface area contributed by atoms with E-state index in [9.17, 15) is 22.8 Å². The molecule has 1 amide bonds. The Balaban J connectivity index is 1.37. The van der Waals surface area contributed by atoms with E-state index in [0.717, 1.165) is 10.4 Å². The van der Waals surface area contributed by atoms with Crippen LogP contribution in [-0.2, 0) is 12.6 Å². The number of rotatable bonds is 6. The zero-order valence-electron chi connectivity index (χ0n) is 22.9. The number of fused-ring (bicyclic) bond motifs is 2. The highest BCUT2D eigenvalue weighted by atomic mass is 19.4. The summed E-state index contributed by atoms with van der Waals surface area (Å²) in [6, 6.07) is 13.5. The van der Waals surface area contributed by atoms with E-state index in [1.807, 2.05) is 6.92 Å². The molecule has 0 saturated heterocycles. The van der Waals surface area contributed by atoms with Crippen LogP contribution in [0.15, 0.2) is 67.0 Å². The number of aromatic carboxylic acids is 1. The van der Waals surface area contributed by atoms with Crippen LogP contribution < -0.4 is 14.8 Å². The molecule has 1 aliphatic rings. The van der Waals surface area contributed by atoms with Crippen molar-refractivity contribution in [3.63, 3.8) is 0 Å². The molecular weight excluding hydrogens is 567 g/mol. The maximum atomic E-state index is 14.1. The Morgan fingerprint density at radius 1 is 1.05 bits per heavy atom. The molecule has 4 heterocycles. The van der Waals surface area contributed by atoms with Gasteiger partial charge in [0.05, 0.1) is 41.6 Å². The van der Waals surface area contributed by atoms with Crippen molar-refractivity contribution in [3.8, 4) is 11.4 Å². The van der Waals surface area contributed by atoms with Gasteiger partial charge in [0.25, 0.3) is 5.91 Å². The molecule has 14 heteroatoms. The fraction of sp³-hybridized carbons (Fsp3) is 0.207. The van der Waals surface area contributed by atoms with E-state index in [2.05, 4.69) is 15.2 Å². The Bertz CT molecular complexity index is 1860. The number of nitrogens with zero attached hydrogens (tertiary/aromatic N) is 7. The number of hydroxylamine groups is 1. The number of carbonyl (C=O) groups is 2. The van der Waals surface area contributed by atoms with Crippen LogP contribution in [0.4, 0.5) is 24.7 Å². The first-order valence-corrected chi connectivity index (χ1v) is 13.2. The second kappa shape index (κ2) is 10.5. The van der Waals surface area contributed by atoms with E-state index < -0.39 is 23.7 Å². The number of anilines is 2. The summed E-state index contributed by atoms with van der Waals surface area (Å²) in [4.78, 5) is 36.3. The van der Waals surface area contributed by atoms with Crippen LogP contribution in [0.3, 0.4) is 0 Å². The molecule has 0 saturated carbocycles. The van der Waals surface area contributed by atoms with Crippen molar-refractivity contribution < 1.29 is 32.7 Å². The van der Waals surface area contributed by atoms with Crippen LogP contribution in [0.5, 0.6) is 5.75 Å². The van der Waals surface area contributed by atoms with Crippen molar-refractivity contribution >= 4 is 29.0 Å². The smallest absolute Gasteiger partial charge is 0.435 e. The number of hydrogen-bond donors (Lipinski definition) is 1. The van der Waals surface area contributed by atoms with E-state index in [-0.39, 0.29) is 46.9 Å². The first kappa shape index (κ1) is 27.8. The third kappa shape index (κ3) is 5.22. The minimum absolute atomic E-state index is 0.0383. The number of carboxylic acids is 1. The summed E-state index contributed by atoms with van der Waals surface area (Å²) in [6.07, 6.45) is -1.05. The molecule has 0 unspecified atom stereocenters. The van der Waals surface area contributed by atoms with E-state index in [1.165, 1.54) is 46.5 Å². The van der Waals surface area contributed by atoms with Crippen LogP contribution in [0, 0.1) is 6.92 Å². The van der Waals surface area contributed by atoms with Crippen molar-refractivity contribution in [3.05, 3.63) is 95.1 Å². The highest BCUT2D eigenvalue weighted by molar-refractivity contribution is 6.06. The molecular formula is C29H24F3N7O4. The molecule has 0 fully saturated rings. The summed E-state index contributed by atoms with van der Waals surface area (Å²) in [5, 5.41) is 18.8. The lowest BCUT2D eigenvalue weighted by Crippen LogP contribution is -2.34. The summed E-state index contributed by atoms with van der Waals surface area (Å²) in [5.41, 5.74) is 1.25. The summed E-state index contributed by atoms with van der Waals surface area (Å²) in [7, 11) is 1.57. The highest BCUT2D eigenvalue weighted by Crippen LogP contribution is 2.40. The maximum absolute atomic E-state index is 14.1. The van der Waals surface area contributed by atoms with Gasteiger partial charge in [0.2, 0.25) is 0 Å². The van der Waals surface area contributed by atoms with Gasteiger partial charge in [0.15, 0.2) is 22.9 Å². The quantitative estimate of drug-likeness (QED) is 0.294. The predicted molar refractivity (Wildman–Crippen MR) is 149 cm³/mol. The number of benzene rings is 2. The van der Waals surface area contributed by atoms with Crippen molar-refractivity contribution in [2.45, 2.75) is 25.9 Å². The molecule has 0 bridgehead atoms. The Labute approximate surface area is 242 Å². The van der Waals surface area contributed by atoms with Gasteiger partial charge in [0, 0.05) is 24.2 Å². The lowest BCUT2D eigenvalue weighted by molar-refractivity contribution is -0.142. The molecule has 0 spiro atoms. The number of amides is 1. The zero-order valence-corrected chi connectivity index (χ0v) is 22.9. The molecule has 3 aromatic heterocycles. The predicted octanol–water partition coefficient (Wildman–Crippen LogP) is 4.96. The average Bonchev–Trinajstić information content (AvgIpc) is 3.57. The summed E-state index contributed by atoms with van der Waals surface area (Å²) >= 11 is 0. The number of aryl methyl sites for hydroxylation is 1. The van der Waals surface area contributed by atoms with Gasteiger partial charge >= 0.3 is 12.1 Å². The number of halogens is 3. The van der Waals surface area contributed by atoms with Gasteiger partial charge in [-0.3, -0.25) is 4.79 Å². The maximum Gasteiger partial charge on any atom is 0.435 e. The molecule has 0 atom stereocenters. The standard InChI is InChI=1S/C29H24F3N7O4/c1-17-13-24-33-15-21(16-37(24)34-17)36(2)27(40)19-5-3-6-20(14-19)39-26-23(25(35-39)29(30,31)32)7-4-12-38(26)43-22-10-8-18(9-11-22)28(41)42/h3,5-6,8-11,13-16H,4,7,12H2,1-2H3,(H,41,42). The van der Waals surface area contributed by atoms with E-state index in [1.54, 1.807) is 42.0 Å². The van der Waals surface area contributed by atoms with Crippen molar-refractivity contribution in [2.24, 2.45) is 0 Å². The van der Waals surface area contributed by atoms with Crippen molar-refractivity contribution in [1.82, 2.24) is 24.4 Å². The van der Waals surface area contributed by atoms with Gasteiger partial charge in [-0.05, 0) is 62.2 Å². The van der Waals surface area contributed by atoms with Gasteiger partial charge in [-0.25, -0.2) is 19.0 Å². The fourth-order valence-electron chi connectivity index (χ4n) is 4.96. The van der Waals surface area contributed by atoms with Gasteiger partial charge in [-0.15, -0.1) is 0 Å². The van der Waals surface area contributed by atoms with Gasteiger partial charge in [-0.1, -0.05) is 6.07 Å². The first-order valence-electron chi connectivity index (χ1n) is 13.2. The van der Waals surface area contributed by atoms with E-state index >= 15 is 0 Å². The van der Waals surface area contributed by atoms with E-state index in [4.69, 9.17) is 9.94 Å². The SMILES string of the molecule is Cc1cc2ncc(N(C)C(=O)c3cccc(-n4nc(C(F)(F)F)c5c4N(Oc4ccc(C(=O)O)cc4)CCC5)c3)cn2n1. The minimum Gasteiger partial charge on any atom is -0.478 e. The van der Waals surface area contributed by atoms with Gasteiger partial charge in [-0.2, -0.15) is 28.4 Å². The Morgan fingerprint density at radius 3 is 2.53 bits per heavy atom. The molecule has 220 valence electrons. The molecule has 43 heavy (non-hydrogen) atoms. The number of aromatic nitrogens is 5. The molecule has 6 rings (SSSR count). The summed E-state index contributed by atoms with van der Waals surface area (Å²) < 4.78 is 45.1. The Kier molecular flexibility index (Phi) is 6.75. The Morgan fingerprint density at radius 2 is 1.81 bits per heavy atom. The molecule has 1 N–H and O–H groups in total. The summed E-state index contributed by atoms with van der Waals surface area (Å²) in [6.45, 7) is 2.08. The monoisotopic (exact) mass is 591 g/mol. The molecule has 5 aromatic rings. The highest BCUT2D eigenvalue weighted by Gasteiger charge is 2.42. The normalized spacial score (nSPS) is 13.2. The lowest BCUT2D eigenvalue weighted by atomic mass is 10.1. The van der Waals surface area contributed by atoms with Crippen LogP contribution in [0.1, 0.15) is 44.1 Å². The molecule has 1 aliphatic heterocycles. The topological polar surface area (TPSA) is 118 Å².